The first-order chi connectivity index (χ1) is 5.48. The summed E-state index contributed by atoms with van der Waals surface area (Å²) in [6.45, 7) is 2.21. The van der Waals surface area contributed by atoms with Gasteiger partial charge in [0.15, 0.2) is 0 Å². The second kappa shape index (κ2) is 5.48. The van der Waals surface area contributed by atoms with Gasteiger partial charge in [-0.05, 0) is 19.5 Å². The largest absolute Gasteiger partial charge is 0.344 e. The summed E-state index contributed by atoms with van der Waals surface area (Å²) in [5.41, 5.74) is 5.32. The minimum absolute atomic E-state index is 0.345. The number of hydrogen-bond donors (Lipinski definition) is 3. The van der Waals surface area contributed by atoms with Crippen LogP contribution in [0.1, 0.15) is 6.42 Å². The molecule has 4 nitrogen and oxygen atoms in total. The molecule has 0 radical (unpaired) electrons. The van der Waals surface area contributed by atoms with Crippen LogP contribution >= 0.6 is 0 Å². The summed E-state index contributed by atoms with van der Waals surface area (Å²) in [5.74, 6) is 0. The first-order valence-electron chi connectivity index (χ1n) is 4.38. The standard InChI is InChI=1S/C8H22N3O/c1-11(2,3)8(12)7-10-6-4-5-9/h8,10,12H,4-7,9H2,1-3H3/q+1. The van der Waals surface area contributed by atoms with E-state index in [0.29, 0.717) is 17.6 Å². The molecule has 0 aliphatic heterocycles. The third kappa shape index (κ3) is 5.49. The quantitative estimate of drug-likeness (QED) is 0.275. The van der Waals surface area contributed by atoms with E-state index in [1.807, 2.05) is 21.1 Å². The average Bonchev–Trinajstić information content (AvgIpc) is 1.96. The van der Waals surface area contributed by atoms with E-state index >= 15 is 0 Å². The molecule has 0 bridgehead atoms. The Bertz CT molecular complexity index is 111. The molecule has 0 rings (SSSR count). The van der Waals surface area contributed by atoms with Crippen LogP contribution in [0.4, 0.5) is 0 Å². The topological polar surface area (TPSA) is 58.3 Å². The highest BCUT2D eigenvalue weighted by Gasteiger charge is 2.18. The van der Waals surface area contributed by atoms with E-state index in [-0.39, 0.29) is 6.23 Å². The third-order valence-electron chi connectivity index (χ3n) is 1.78. The van der Waals surface area contributed by atoms with Gasteiger partial charge in [0.05, 0.1) is 27.7 Å². The first-order valence-corrected chi connectivity index (χ1v) is 4.38. The van der Waals surface area contributed by atoms with Crippen molar-refractivity contribution < 1.29 is 9.59 Å². The zero-order chi connectivity index (χ0) is 9.61. The van der Waals surface area contributed by atoms with Crippen LogP contribution in [0, 0.1) is 0 Å². The van der Waals surface area contributed by atoms with Crippen molar-refractivity contribution >= 4 is 0 Å². The van der Waals surface area contributed by atoms with E-state index < -0.39 is 0 Å². The molecule has 0 spiro atoms. The van der Waals surface area contributed by atoms with Gasteiger partial charge in [0.25, 0.3) is 0 Å². The number of nitrogens with two attached hydrogens (primary N) is 1. The van der Waals surface area contributed by atoms with Crippen molar-refractivity contribution in [1.29, 1.82) is 0 Å². The fraction of sp³-hybridized carbons (Fsp3) is 1.00. The highest BCUT2D eigenvalue weighted by Crippen LogP contribution is 1.96. The van der Waals surface area contributed by atoms with E-state index in [0.717, 1.165) is 13.0 Å². The van der Waals surface area contributed by atoms with Gasteiger partial charge in [-0.15, -0.1) is 0 Å². The molecule has 0 fully saturated rings. The molecular weight excluding hydrogens is 154 g/mol. The van der Waals surface area contributed by atoms with E-state index in [2.05, 4.69) is 5.32 Å². The maximum atomic E-state index is 9.56. The average molecular weight is 176 g/mol. The molecule has 4 N–H and O–H groups in total. The van der Waals surface area contributed by atoms with Crippen molar-refractivity contribution in [3.63, 3.8) is 0 Å². The Morgan fingerprint density at radius 3 is 2.42 bits per heavy atom. The smallest absolute Gasteiger partial charge is 0.202 e. The van der Waals surface area contributed by atoms with Gasteiger partial charge in [-0.3, -0.25) is 0 Å². The predicted molar refractivity (Wildman–Crippen MR) is 50.6 cm³/mol. The van der Waals surface area contributed by atoms with Crippen LogP contribution in [0.15, 0.2) is 0 Å². The van der Waals surface area contributed by atoms with Crippen LogP contribution in [0.2, 0.25) is 0 Å². The molecule has 1 atom stereocenters. The number of hydrogen-bond acceptors (Lipinski definition) is 3. The van der Waals surface area contributed by atoms with E-state index in [4.69, 9.17) is 5.73 Å². The molecule has 0 aliphatic rings. The molecule has 0 aliphatic carbocycles. The fourth-order valence-electron chi connectivity index (χ4n) is 0.732. The molecule has 0 amide bonds. The summed E-state index contributed by atoms with van der Waals surface area (Å²) in [6.07, 6.45) is 0.618. The summed E-state index contributed by atoms with van der Waals surface area (Å²) in [7, 11) is 5.90. The molecule has 4 heteroatoms. The third-order valence-corrected chi connectivity index (χ3v) is 1.78. The summed E-state index contributed by atoms with van der Waals surface area (Å²) in [4.78, 5) is 0. The Balaban J connectivity index is 3.38. The molecular formula is C8H22N3O+. The number of aliphatic hydroxyl groups excluding tert-OH is 1. The molecule has 1 unspecified atom stereocenters. The lowest BCUT2D eigenvalue weighted by Gasteiger charge is -2.29. The van der Waals surface area contributed by atoms with Crippen molar-refractivity contribution in [1.82, 2.24) is 5.32 Å². The maximum absolute atomic E-state index is 9.56. The van der Waals surface area contributed by atoms with Crippen LogP contribution < -0.4 is 11.1 Å². The monoisotopic (exact) mass is 176 g/mol. The normalized spacial score (nSPS) is 14.8. The number of likely N-dealkylation sites (N-methyl/N-ethyl adjacent to an activating group) is 1. The van der Waals surface area contributed by atoms with Crippen molar-refractivity contribution in [2.45, 2.75) is 12.6 Å². The van der Waals surface area contributed by atoms with Gasteiger partial charge in [-0.2, -0.15) is 0 Å². The SMILES string of the molecule is C[N+](C)(C)C(O)CNCCCN. The van der Waals surface area contributed by atoms with Gasteiger partial charge in [0.2, 0.25) is 6.23 Å². The van der Waals surface area contributed by atoms with Crippen LogP contribution in [-0.2, 0) is 0 Å². The lowest BCUT2D eigenvalue weighted by atomic mass is 10.4. The Morgan fingerprint density at radius 2 is 2.00 bits per heavy atom. The van der Waals surface area contributed by atoms with Crippen LogP contribution in [-0.4, -0.2) is 56.6 Å². The number of rotatable bonds is 6. The highest BCUT2D eigenvalue weighted by atomic mass is 16.3. The van der Waals surface area contributed by atoms with E-state index in [1.165, 1.54) is 0 Å². The van der Waals surface area contributed by atoms with E-state index in [1.54, 1.807) is 0 Å². The van der Waals surface area contributed by atoms with E-state index in [9.17, 15) is 5.11 Å². The van der Waals surface area contributed by atoms with Gasteiger partial charge >= 0.3 is 0 Å². The molecule has 0 heterocycles. The molecule has 0 aromatic carbocycles. The Kier molecular flexibility index (Phi) is 5.41. The van der Waals surface area contributed by atoms with Gasteiger partial charge < -0.3 is 20.6 Å². The zero-order valence-corrected chi connectivity index (χ0v) is 8.38. The van der Waals surface area contributed by atoms with Crippen LogP contribution in [0.5, 0.6) is 0 Å². The van der Waals surface area contributed by atoms with Gasteiger partial charge in [0, 0.05) is 0 Å². The molecule has 0 aromatic rings. The molecule has 74 valence electrons. The van der Waals surface area contributed by atoms with Gasteiger partial charge in [-0.25, -0.2) is 0 Å². The lowest BCUT2D eigenvalue weighted by Crippen LogP contribution is -2.50. The van der Waals surface area contributed by atoms with Crippen LogP contribution in [0.25, 0.3) is 0 Å². The molecule has 0 saturated carbocycles. The van der Waals surface area contributed by atoms with Crippen molar-refractivity contribution in [2.75, 3.05) is 40.8 Å². The van der Waals surface area contributed by atoms with Gasteiger partial charge in [-0.1, -0.05) is 0 Å². The van der Waals surface area contributed by atoms with Gasteiger partial charge in [0.1, 0.15) is 0 Å². The zero-order valence-electron chi connectivity index (χ0n) is 8.38. The van der Waals surface area contributed by atoms with Crippen molar-refractivity contribution in [2.24, 2.45) is 5.73 Å². The summed E-state index contributed by atoms with van der Waals surface area (Å²) in [5, 5.41) is 12.7. The summed E-state index contributed by atoms with van der Waals surface area (Å²) < 4.78 is 0.565. The molecule has 0 aromatic heterocycles. The lowest BCUT2D eigenvalue weighted by molar-refractivity contribution is -0.917. The summed E-state index contributed by atoms with van der Waals surface area (Å²) in [6, 6.07) is 0. The van der Waals surface area contributed by atoms with Crippen molar-refractivity contribution in [3.05, 3.63) is 0 Å². The predicted octanol–water partition coefficient (Wildman–Crippen LogP) is -1.05. The number of quaternary nitrogens is 1. The number of nitrogens with one attached hydrogen (secondary N) is 1. The summed E-state index contributed by atoms with van der Waals surface area (Å²) >= 11 is 0. The molecule has 12 heavy (non-hydrogen) atoms. The minimum atomic E-state index is -0.345. The highest BCUT2D eigenvalue weighted by molar-refractivity contribution is 4.50. The Labute approximate surface area is 74.9 Å². The minimum Gasteiger partial charge on any atom is -0.344 e. The molecule has 0 saturated heterocycles. The maximum Gasteiger partial charge on any atom is 0.202 e. The first kappa shape index (κ1) is 11.8. The fourth-order valence-corrected chi connectivity index (χ4v) is 0.732. The van der Waals surface area contributed by atoms with Crippen molar-refractivity contribution in [3.8, 4) is 0 Å². The number of aliphatic hydroxyl groups is 1. The van der Waals surface area contributed by atoms with Crippen LogP contribution in [0.3, 0.4) is 0 Å². The Hall–Kier alpha value is -0.160. The Morgan fingerprint density at radius 1 is 1.42 bits per heavy atom. The number of nitrogens with zero attached hydrogens (tertiary/aromatic N) is 1. The second-order valence-electron chi connectivity index (χ2n) is 3.94. The second-order valence-corrected chi connectivity index (χ2v) is 3.94.